The van der Waals surface area contributed by atoms with Gasteiger partial charge in [0, 0.05) is 11.8 Å². The molecule has 0 unspecified atom stereocenters. The number of aryl methyl sites for hydroxylation is 2. The van der Waals surface area contributed by atoms with Crippen LogP contribution in [-0.2, 0) is 9.59 Å². The van der Waals surface area contributed by atoms with Crippen LogP contribution in [0, 0.1) is 13.8 Å². The van der Waals surface area contributed by atoms with Gasteiger partial charge in [-0.3, -0.25) is 14.5 Å². The first-order valence-electron chi connectivity index (χ1n) is 10.4. The molecule has 0 fully saturated rings. The normalized spacial score (nSPS) is 14.5. The number of rotatable bonds is 6. The van der Waals surface area contributed by atoms with Crippen LogP contribution in [0.4, 0.5) is 11.4 Å². The van der Waals surface area contributed by atoms with Gasteiger partial charge in [-0.2, -0.15) is 0 Å². The second-order valence-electron chi connectivity index (χ2n) is 7.61. The van der Waals surface area contributed by atoms with E-state index < -0.39 is 0 Å². The molecule has 3 aromatic rings. The molecule has 34 heavy (non-hydrogen) atoms. The van der Waals surface area contributed by atoms with Crippen molar-refractivity contribution < 1.29 is 18.7 Å². The molecule has 2 amide bonds. The summed E-state index contributed by atoms with van der Waals surface area (Å²) in [6, 6.07) is 14.3. The Morgan fingerprint density at radius 2 is 1.97 bits per heavy atom. The quantitative estimate of drug-likeness (QED) is 0.445. The molecule has 0 spiro atoms. The third-order valence-electron chi connectivity index (χ3n) is 4.88. The summed E-state index contributed by atoms with van der Waals surface area (Å²) < 4.78 is 10.5. The summed E-state index contributed by atoms with van der Waals surface area (Å²) in [5.41, 5.74) is 3.55. The third-order valence-corrected chi connectivity index (χ3v) is 6.12. The lowest BCUT2D eigenvalue weighted by Crippen LogP contribution is -2.31. The maximum absolute atomic E-state index is 13.2. The number of anilines is 2. The molecule has 0 aliphatic carbocycles. The minimum atomic E-state index is -0.352. The first-order valence-corrected chi connectivity index (χ1v) is 11.7. The van der Waals surface area contributed by atoms with E-state index in [4.69, 9.17) is 20.8 Å². The molecule has 9 heteroatoms. The molecule has 174 valence electrons. The summed E-state index contributed by atoms with van der Waals surface area (Å²) in [6.07, 6.45) is 3.08. The number of amides is 2. The number of hydrogen-bond acceptors (Lipinski definition) is 6. The molecule has 2 aromatic carbocycles. The lowest BCUT2D eigenvalue weighted by atomic mass is 10.1. The van der Waals surface area contributed by atoms with Crippen LogP contribution in [0.1, 0.15) is 16.9 Å². The number of carbonyl (C=O) groups is 2. The van der Waals surface area contributed by atoms with Gasteiger partial charge in [0.25, 0.3) is 5.91 Å². The van der Waals surface area contributed by atoms with Crippen LogP contribution in [0.25, 0.3) is 6.08 Å². The van der Waals surface area contributed by atoms with E-state index in [9.17, 15) is 9.59 Å². The summed E-state index contributed by atoms with van der Waals surface area (Å²) >= 11 is 7.45. The van der Waals surface area contributed by atoms with Crippen LogP contribution < -0.4 is 15.0 Å². The van der Waals surface area contributed by atoms with Gasteiger partial charge in [-0.1, -0.05) is 29.4 Å². The van der Waals surface area contributed by atoms with Gasteiger partial charge in [0.1, 0.15) is 17.2 Å². The Morgan fingerprint density at radius 1 is 1.21 bits per heavy atom. The number of benzene rings is 2. The number of methoxy groups -OCH3 is 1. The predicted molar refractivity (Wildman–Crippen MR) is 137 cm³/mol. The van der Waals surface area contributed by atoms with Crippen molar-refractivity contribution in [1.29, 1.82) is 0 Å². The minimum absolute atomic E-state index is 0.0630. The van der Waals surface area contributed by atoms with E-state index in [1.165, 1.54) is 18.3 Å². The number of nitrogens with one attached hydrogen (secondary N) is 1. The molecule has 1 N–H and O–H groups in total. The van der Waals surface area contributed by atoms with Crippen molar-refractivity contribution in [3.8, 4) is 5.75 Å². The lowest BCUT2D eigenvalue weighted by Gasteiger charge is -2.18. The van der Waals surface area contributed by atoms with Crippen LogP contribution in [0.5, 0.6) is 5.75 Å². The molecule has 2 heterocycles. The van der Waals surface area contributed by atoms with Crippen molar-refractivity contribution in [1.82, 2.24) is 0 Å². The van der Waals surface area contributed by atoms with Crippen LogP contribution in [0.2, 0.25) is 5.02 Å². The molecular formula is C25H22ClN3O4S. The van der Waals surface area contributed by atoms with Crippen molar-refractivity contribution in [2.75, 3.05) is 23.1 Å². The van der Waals surface area contributed by atoms with Gasteiger partial charge in [-0.05, 0) is 67.4 Å². The molecule has 7 nitrogen and oxygen atoms in total. The van der Waals surface area contributed by atoms with Gasteiger partial charge in [0.2, 0.25) is 5.91 Å². The Morgan fingerprint density at radius 3 is 2.62 bits per heavy atom. The first-order chi connectivity index (χ1) is 16.3. The monoisotopic (exact) mass is 495 g/mol. The van der Waals surface area contributed by atoms with E-state index in [1.54, 1.807) is 36.4 Å². The third kappa shape index (κ3) is 5.35. The fraction of sp³-hybridized carbons (Fsp3) is 0.160. The molecule has 0 bridgehead atoms. The molecular weight excluding hydrogens is 474 g/mol. The van der Waals surface area contributed by atoms with Crippen molar-refractivity contribution in [2.24, 2.45) is 4.99 Å². The zero-order valence-corrected chi connectivity index (χ0v) is 20.4. The van der Waals surface area contributed by atoms with Gasteiger partial charge in [0.05, 0.1) is 29.8 Å². The summed E-state index contributed by atoms with van der Waals surface area (Å²) in [7, 11) is 1.52. The Balaban J connectivity index is 1.57. The second-order valence-corrected chi connectivity index (χ2v) is 8.96. The van der Waals surface area contributed by atoms with Crippen LogP contribution in [0.15, 0.2) is 69.9 Å². The number of furan rings is 1. The van der Waals surface area contributed by atoms with Crippen molar-refractivity contribution in [3.05, 3.63) is 82.4 Å². The number of amidine groups is 1. The zero-order valence-electron chi connectivity index (χ0n) is 18.8. The molecule has 1 aliphatic heterocycles. The molecule has 1 aliphatic rings. The Hall–Kier alpha value is -3.49. The minimum Gasteiger partial charge on any atom is -0.495 e. The van der Waals surface area contributed by atoms with E-state index in [0.29, 0.717) is 27.4 Å². The smallest absolute Gasteiger partial charge is 0.283 e. The van der Waals surface area contributed by atoms with Crippen molar-refractivity contribution in [2.45, 2.75) is 13.8 Å². The molecule has 0 saturated carbocycles. The molecule has 0 radical (unpaired) electrons. The van der Waals surface area contributed by atoms with Crippen LogP contribution >= 0.6 is 23.4 Å². The SMILES string of the molecule is COc1ccc(N2C(=O)/C(=C/c3ccco3)N=C2SCC(=O)Nc2cc(C)cc(C)c2)cc1Cl. The van der Waals surface area contributed by atoms with Gasteiger partial charge in [-0.25, -0.2) is 4.99 Å². The Labute approximate surface area is 206 Å². The fourth-order valence-electron chi connectivity index (χ4n) is 3.50. The summed E-state index contributed by atoms with van der Waals surface area (Å²) in [4.78, 5) is 31.8. The fourth-order valence-corrected chi connectivity index (χ4v) is 4.56. The molecule has 0 saturated heterocycles. The number of nitrogens with zero attached hydrogens (tertiary/aromatic N) is 2. The highest BCUT2D eigenvalue weighted by molar-refractivity contribution is 8.14. The highest BCUT2D eigenvalue weighted by Gasteiger charge is 2.33. The number of thioether (sulfide) groups is 1. The van der Waals surface area contributed by atoms with E-state index in [0.717, 1.165) is 28.6 Å². The number of halogens is 1. The van der Waals surface area contributed by atoms with E-state index in [2.05, 4.69) is 10.3 Å². The second kappa shape index (κ2) is 10.2. The predicted octanol–water partition coefficient (Wildman–Crippen LogP) is 5.67. The Bertz CT molecular complexity index is 1280. The maximum Gasteiger partial charge on any atom is 0.283 e. The highest BCUT2D eigenvalue weighted by atomic mass is 35.5. The molecule has 0 atom stereocenters. The van der Waals surface area contributed by atoms with Crippen molar-refractivity contribution >= 4 is 57.8 Å². The zero-order chi connectivity index (χ0) is 24.2. The lowest BCUT2D eigenvalue weighted by molar-refractivity contribution is -0.114. The topological polar surface area (TPSA) is 84.1 Å². The number of ether oxygens (including phenoxy) is 1. The van der Waals surface area contributed by atoms with Gasteiger partial charge >= 0.3 is 0 Å². The van der Waals surface area contributed by atoms with Gasteiger partial charge < -0.3 is 14.5 Å². The average Bonchev–Trinajstić information content (AvgIpc) is 3.40. The van der Waals surface area contributed by atoms with E-state index in [-0.39, 0.29) is 23.3 Å². The summed E-state index contributed by atoms with van der Waals surface area (Å²) in [6.45, 7) is 3.95. The van der Waals surface area contributed by atoms with Gasteiger partial charge in [-0.15, -0.1) is 0 Å². The Kier molecular flexibility index (Phi) is 7.09. The number of aliphatic imine (C=N–C) groups is 1. The standard InChI is InChI=1S/C25H22ClN3O4S/c1-15-9-16(2)11-17(10-15)27-23(30)14-34-25-28-21(13-19-5-4-8-33-19)24(31)29(25)18-6-7-22(32-3)20(26)12-18/h4-13H,14H2,1-3H3,(H,27,30)/b21-13-. The van der Waals surface area contributed by atoms with E-state index >= 15 is 0 Å². The van der Waals surface area contributed by atoms with Crippen LogP contribution in [0.3, 0.4) is 0 Å². The summed E-state index contributed by atoms with van der Waals surface area (Å²) in [5.74, 6) is 0.491. The largest absolute Gasteiger partial charge is 0.495 e. The molecule has 1 aromatic heterocycles. The van der Waals surface area contributed by atoms with Crippen LogP contribution in [-0.4, -0.2) is 29.8 Å². The average molecular weight is 496 g/mol. The first kappa shape index (κ1) is 23.7. The van der Waals surface area contributed by atoms with Crippen molar-refractivity contribution in [3.63, 3.8) is 0 Å². The summed E-state index contributed by atoms with van der Waals surface area (Å²) in [5, 5.41) is 3.62. The number of carbonyl (C=O) groups excluding carboxylic acids is 2. The highest BCUT2D eigenvalue weighted by Crippen LogP contribution is 2.34. The van der Waals surface area contributed by atoms with E-state index in [1.807, 2.05) is 32.0 Å². The maximum atomic E-state index is 13.2. The number of hydrogen-bond donors (Lipinski definition) is 1. The molecule has 4 rings (SSSR count). The van der Waals surface area contributed by atoms with Gasteiger partial charge in [0.15, 0.2) is 5.17 Å².